The van der Waals surface area contributed by atoms with E-state index >= 15 is 0 Å². The summed E-state index contributed by atoms with van der Waals surface area (Å²) in [7, 11) is 1.72. The number of nitrogens with one attached hydrogen (secondary N) is 1. The van der Waals surface area contributed by atoms with Gasteiger partial charge in [-0.2, -0.15) is 0 Å². The van der Waals surface area contributed by atoms with E-state index in [1.165, 1.54) is 12.8 Å². The van der Waals surface area contributed by atoms with Gasteiger partial charge in [0, 0.05) is 20.3 Å². The van der Waals surface area contributed by atoms with Crippen molar-refractivity contribution in [3.8, 4) is 0 Å². The lowest BCUT2D eigenvalue weighted by Crippen LogP contribution is -2.33. The van der Waals surface area contributed by atoms with E-state index in [0.29, 0.717) is 6.61 Å². The lowest BCUT2D eigenvalue weighted by molar-refractivity contribution is -0.00523. The number of likely N-dealkylation sites (N-methyl/N-ethyl adjacent to an activating group) is 1. The molecule has 3 nitrogen and oxygen atoms in total. The fourth-order valence-electron chi connectivity index (χ4n) is 1.21. The minimum Gasteiger partial charge on any atom is -0.382 e. The molecular weight excluding hydrogens is 166 g/mol. The average Bonchev–Trinajstić information content (AvgIpc) is 2.93. The standard InChI is InChI=1S/C10H21NO2/c1-3-11-6-10(8-12-2)13-7-9-4-5-9/h9-11H,3-8H2,1-2H3. The first-order valence-corrected chi connectivity index (χ1v) is 5.18. The first kappa shape index (κ1) is 11.0. The molecule has 0 bridgehead atoms. The Morgan fingerprint density at radius 2 is 2.23 bits per heavy atom. The summed E-state index contributed by atoms with van der Waals surface area (Å²) >= 11 is 0. The predicted octanol–water partition coefficient (Wildman–Crippen LogP) is 1.04. The number of methoxy groups -OCH3 is 1. The van der Waals surface area contributed by atoms with Crippen molar-refractivity contribution < 1.29 is 9.47 Å². The highest BCUT2D eigenvalue weighted by atomic mass is 16.5. The minimum absolute atomic E-state index is 0.227. The van der Waals surface area contributed by atoms with Gasteiger partial charge in [0.25, 0.3) is 0 Å². The topological polar surface area (TPSA) is 30.5 Å². The number of ether oxygens (including phenoxy) is 2. The summed E-state index contributed by atoms with van der Waals surface area (Å²) in [6.45, 7) is 5.61. The van der Waals surface area contributed by atoms with Gasteiger partial charge in [-0.15, -0.1) is 0 Å². The predicted molar refractivity (Wildman–Crippen MR) is 52.9 cm³/mol. The molecule has 13 heavy (non-hydrogen) atoms. The molecule has 1 fully saturated rings. The lowest BCUT2D eigenvalue weighted by Gasteiger charge is -2.17. The molecule has 0 aromatic rings. The van der Waals surface area contributed by atoms with Crippen molar-refractivity contribution in [3.05, 3.63) is 0 Å². The van der Waals surface area contributed by atoms with Gasteiger partial charge in [-0.1, -0.05) is 6.92 Å². The fraction of sp³-hybridized carbons (Fsp3) is 1.00. The molecule has 0 heterocycles. The number of hydrogen-bond acceptors (Lipinski definition) is 3. The molecule has 1 saturated carbocycles. The Balaban J connectivity index is 2.03. The zero-order valence-electron chi connectivity index (χ0n) is 8.71. The van der Waals surface area contributed by atoms with Crippen LogP contribution in [0.25, 0.3) is 0 Å². The highest BCUT2D eigenvalue weighted by Crippen LogP contribution is 2.29. The van der Waals surface area contributed by atoms with Crippen molar-refractivity contribution in [2.45, 2.75) is 25.9 Å². The van der Waals surface area contributed by atoms with Crippen LogP contribution in [0.4, 0.5) is 0 Å². The van der Waals surface area contributed by atoms with E-state index < -0.39 is 0 Å². The SMILES string of the molecule is CCNCC(COC)OCC1CC1. The molecule has 1 aliphatic carbocycles. The van der Waals surface area contributed by atoms with Crippen LogP contribution in [-0.2, 0) is 9.47 Å². The Hall–Kier alpha value is -0.120. The summed E-state index contributed by atoms with van der Waals surface area (Å²) in [6, 6.07) is 0. The second-order valence-electron chi connectivity index (χ2n) is 3.66. The Labute approximate surface area is 80.8 Å². The Morgan fingerprint density at radius 3 is 2.77 bits per heavy atom. The van der Waals surface area contributed by atoms with E-state index in [-0.39, 0.29) is 6.10 Å². The minimum atomic E-state index is 0.227. The molecule has 1 rings (SSSR count). The number of rotatable bonds is 8. The third-order valence-electron chi connectivity index (χ3n) is 2.24. The molecule has 3 heteroatoms. The molecule has 1 aliphatic rings. The first-order valence-electron chi connectivity index (χ1n) is 5.18. The van der Waals surface area contributed by atoms with E-state index in [1.54, 1.807) is 7.11 Å². The first-order chi connectivity index (χ1) is 6.36. The van der Waals surface area contributed by atoms with Crippen LogP contribution in [0.1, 0.15) is 19.8 Å². The summed E-state index contributed by atoms with van der Waals surface area (Å²) in [6.07, 6.45) is 2.92. The monoisotopic (exact) mass is 187 g/mol. The molecule has 0 spiro atoms. The molecule has 0 aliphatic heterocycles. The van der Waals surface area contributed by atoms with Gasteiger partial charge in [0.05, 0.1) is 12.7 Å². The summed E-state index contributed by atoms with van der Waals surface area (Å²) in [5, 5.41) is 3.27. The van der Waals surface area contributed by atoms with Gasteiger partial charge < -0.3 is 14.8 Å². The Bertz CT molecular complexity index is 126. The maximum absolute atomic E-state index is 5.72. The van der Waals surface area contributed by atoms with Crippen molar-refractivity contribution in [2.24, 2.45) is 5.92 Å². The van der Waals surface area contributed by atoms with Gasteiger partial charge in [-0.05, 0) is 25.3 Å². The third kappa shape index (κ3) is 5.24. The maximum Gasteiger partial charge on any atom is 0.0932 e. The van der Waals surface area contributed by atoms with Gasteiger partial charge in [0.2, 0.25) is 0 Å². The molecule has 78 valence electrons. The van der Waals surface area contributed by atoms with E-state index in [2.05, 4.69) is 12.2 Å². The van der Waals surface area contributed by atoms with Gasteiger partial charge >= 0.3 is 0 Å². The van der Waals surface area contributed by atoms with Gasteiger partial charge in [-0.25, -0.2) is 0 Å². The molecule has 0 aromatic heterocycles. The van der Waals surface area contributed by atoms with Crippen molar-refractivity contribution in [2.75, 3.05) is 33.4 Å². The fourth-order valence-corrected chi connectivity index (χ4v) is 1.21. The summed E-state index contributed by atoms with van der Waals surface area (Å²) in [4.78, 5) is 0. The van der Waals surface area contributed by atoms with E-state index in [4.69, 9.17) is 9.47 Å². The Morgan fingerprint density at radius 1 is 1.46 bits per heavy atom. The summed E-state index contributed by atoms with van der Waals surface area (Å²) in [5.41, 5.74) is 0. The highest BCUT2D eigenvalue weighted by Gasteiger charge is 2.22. The number of hydrogen-bond donors (Lipinski definition) is 1. The molecule has 1 atom stereocenters. The van der Waals surface area contributed by atoms with Crippen LogP contribution in [-0.4, -0.2) is 39.5 Å². The third-order valence-corrected chi connectivity index (χ3v) is 2.24. The van der Waals surface area contributed by atoms with Gasteiger partial charge in [-0.3, -0.25) is 0 Å². The molecule has 0 radical (unpaired) electrons. The zero-order valence-corrected chi connectivity index (χ0v) is 8.71. The summed E-state index contributed by atoms with van der Waals surface area (Å²) in [5.74, 6) is 0.834. The lowest BCUT2D eigenvalue weighted by atomic mass is 10.3. The van der Waals surface area contributed by atoms with Crippen LogP contribution < -0.4 is 5.32 Å². The molecule has 0 aromatic carbocycles. The van der Waals surface area contributed by atoms with Crippen LogP contribution in [0.15, 0.2) is 0 Å². The van der Waals surface area contributed by atoms with Crippen molar-refractivity contribution >= 4 is 0 Å². The normalized spacial score (nSPS) is 18.9. The zero-order chi connectivity index (χ0) is 9.52. The second kappa shape index (κ2) is 6.35. The van der Waals surface area contributed by atoms with Crippen LogP contribution in [0.5, 0.6) is 0 Å². The van der Waals surface area contributed by atoms with Gasteiger partial charge in [0.1, 0.15) is 0 Å². The van der Waals surface area contributed by atoms with Crippen LogP contribution in [0.2, 0.25) is 0 Å². The molecular formula is C10H21NO2. The summed E-state index contributed by atoms with van der Waals surface area (Å²) < 4.78 is 10.8. The van der Waals surface area contributed by atoms with Crippen molar-refractivity contribution in [1.29, 1.82) is 0 Å². The van der Waals surface area contributed by atoms with E-state index in [0.717, 1.165) is 25.6 Å². The van der Waals surface area contributed by atoms with Crippen molar-refractivity contribution in [1.82, 2.24) is 5.32 Å². The van der Waals surface area contributed by atoms with Crippen LogP contribution in [0.3, 0.4) is 0 Å². The van der Waals surface area contributed by atoms with Gasteiger partial charge in [0.15, 0.2) is 0 Å². The second-order valence-corrected chi connectivity index (χ2v) is 3.66. The molecule has 1 N–H and O–H groups in total. The maximum atomic E-state index is 5.72. The van der Waals surface area contributed by atoms with E-state index in [1.807, 2.05) is 0 Å². The highest BCUT2D eigenvalue weighted by molar-refractivity contribution is 4.73. The van der Waals surface area contributed by atoms with Crippen LogP contribution >= 0.6 is 0 Å². The Kier molecular flexibility index (Phi) is 5.35. The smallest absolute Gasteiger partial charge is 0.0932 e. The molecule has 1 unspecified atom stereocenters. The molecule has 0 amide bonds. The van der Waals surface area contributed by atoms with Crippen molar-refractivity contribution in [3.63, 3.8) is 0 Å². The quantitative estimate of drug-likeness (QED) is 0.616. The van der Waals surface area contributed by atoms with Crippen LogP contribution in [0, 0.1) is 5.92 Å². The molecule has 0 saturated heterocycles. The largest absolute Gasteiger partial charge is 0.382 e. The van der Waals surface area contributed by atoms with E-state index in [9.17, 15) is 0 Å². The average molecular weight is 187 g/mol.